The molecular formula is C21H27NO6S. The van der Waals surface area contributed by atoms with Crippen LogP contribution in [0, 0.1) is 6.92 Å². The number of ether oxygens (including phenoxy) is 2. The lowest BCUT2D eigenvalue weighted by molar-refractivity contribution is -0.146. The van der Waals surface area contributed by atoms with Gasteiger partial charge in [-0.3, -0.25) is 4.79 Å². The first kappa shape index (κ1) is 22.8. The summed E-state index contributed by atoms with van der Waals surface area (Å²) in [7, 11) is 1.29. The van der Waals surface area contributed by atoms with E-state index in [0.29, 0.717) is 29.9 Å². The monoisotopic (exact) mass is 421 g/mol. The van der Waals surface area contributed by atoms with Gasteiger partial charge in [-0.2, -0.15) is 11.8 Å². The summed E-state index contributed by atoms with van der Waals surface area (Å²) in [5, 5.41) is 3.52. The predicted molar refractivity (Wildman–Crippen MR) is 114 cm³/mol. The highest BCUT2D eigenvalue weighted by molar-refractivity contribution is 7.98. The number of nitrogens with one attached hydrogen (secondary N) is 1. The molecule has 2 unspecified atom stereocenters. The molecule has 1 amide bonds. The molecule has 7 nitrogen and oxygen atoms in total. The second-order valence-corrected chi connectivity index (χ2v) is 7.67. The van der Waals surface area contributed by atoms with Crippen molar-refractivity contribution >= 4 is 34.6 Å². The molecule has 0 aliphatic heterocycles. The van der Waals surface area contributed by atoms with Gasteiger partial charge in [0.05, 0.1) is 7.11 Å². The molecule has 1 aromatic carbocycles. The molecule has 2 aromatic rings. The average molecular weight is 422 g/mol. The van der Waals surface area contributed by atoms with Crippen LogP contribution in [0.1, 0.15) is 31.4 Å². The van der Waals surface area contributed by atoms with Gasteiger partial charge in [0.25, 0.3) is 5.91 Å². The van der Waals surface area contributed by atoms with Crippen LogP contribution < -0.4 is 15.7 Å². The number of carbonyl (C=O) groups excluding carboxylic acids is 2. The molecule has 0 radical (unpaired) electrons. The summed E-state index contributed by atoms with van der Waals surface area (Å²) >= 11 is 1.58. The van der Waals surface area contributed by atoms with E-state index in [1.807, 2.05) is 26.2 Å². The molecule has 2 rings (SSSR count). The number of carbonyl (C=O) groups is 2. The second kappa shape index (κ2) is 10.3. The molecule has 0 bridgehead atoms. The molecular weight excluding hydrogens is 394 g/mol. The standard InChI is InChI=1S/C21H27NO6S/c1-6-14-10-15-12(2)9-19(23)28-18(15)11-17(14)27-13(3)20(24)22-16(7-8-29-5)21(25)26-4/h9-11,13,16H,6-8H2,1-5H3,(H,22,24). The van der Waals surface area contributed by atoms with Gasteiger partial charge in [-0.25, -0.2) is 9.59 Å². The summed E-state index contributed by atoms with van der Waals surface area (Å²) in [5.41, 5.74) is 1.67. The van der Waals surface area contributed by atoms with Crippen molar-refractivity contribution in [1.82, 2.24) is 5.32 Å². The molecule has 1 heterocycles. The summed E-state index contributed by atoms with van der Waals surface area (Å²) in [4.78, 5) is 36.2. The van der Waals surface area contributed by atoms with Crippen molar-refractivity contribution in [2.75, 3.05) is 19.1 Å². The van der Waals surface area contributed by atoms with Crippen molar-refractivity contribution in [2.45, 2.75) is 45.8 Å². The minimum Gasteiger partial charge on any atom is -0.480 e. The number of methoxy groups -OCH3 is 1. The third-order valence-corrected chi connectivity index (χ3v) is 5.24. The number of hydrogen-bond acceptors (Lipinski definition) is 7. The van der Waals surface area contributed by atoms with E-state index in [4.69, 9.17) is 13.9 Å². The topological polar surface area (TPSA) is 94.8 Å². The highest BCUT2D eigenvalue weighted by atomic mass is 32.2. The van der Waals surface area contributed by atoms with Crippen LogP contribution in [-0.4, -0.2) is 43.1 Å². The van der Waals surface area contributed by atoms with Crippen LogP contribution in [0.2, 0.25) is 0 Å². The van der Waals surface area contributed by atoms with Crippen molar-refractivity contribution in [3.63, 3.8) is 0 Å². The number of hydrogen-bond donors (Lipinski definition) is 1. The van der Waals surface area contributed by atoms with Crippen LogP contribution in [-0.2, 0) is 20.7 Å². The summed E-state index contributed by atoms with van der Waals surface area (Å²) < 4.78 is 15.9. The fourth-order valence-corrected chi connectivity index (χ4v) is 3.41. The molecule has 0 fully saturated rings. The van der Waals surface area contributed by atoms with Gasteiger partial charge in [0.1, 0.15) is 17.4 Å². The quantitative estimate of drug-likeness (QED) is 0.491. The van der Waals surface area contributed by atoms with E-state index in [2.05, 4.69) is 5.32 Å². The summed E-state index contributed by atoms with van der Waals surface area (Å²) in [6.07, 6.45) is 2.22. The Labute approximate surface area is 174 Å². The van der Waals surface area contributed by atoms with Crippen molar-refractivity contribution < 1.29 is 23.5 Å². The van der Waals surface area contributed by atoms with Gasteiger partial charge in [-0.15, -0.1) is 0 Å². The van der Waals surface area contributed by atoms with Crippen molar-refractivity contribution in [1.29, 1.82) is 0 Å². The van der Waals surface area contributed by atoms with Crippen molar-refractivity contribution in [2.24, 2.45) is 0 Å². The number of rotatable bonds is 9. The van der Waals surface area contributed by atoms with E-state index in [0.717, 1.165) is 16.5 Å². The van der Waals surface area contributed by atoms with Gasteiger partial charge in [0, 0.05) is 17.5 Å². The van der Waals surface area contributed by atoms with E-state index in [1.54, 1.807) is 24.8 Å². The molecule has 29 heavy (non-hydrogen) atoms. The first-order chi connectivity index (χ1) is 13.8. The van der Waals surface area contributed by atoms with Gasteiger partial charge >= 0.3 is 11.6 Å². The van der Waals surface area contributed by atoms with Crippen molar-refractivity contribution in [3.8, 4) is 5.75 Å². The first-order valence-corrected chi connectivity index (χ1v) is 10.8. The lowest BCUT2D eigenvalue weighted by Crippen LogP contribution is -2.47. The third kappa shape index (κ3) is 5.76. The summed E-state index contributed by atoms with van der Waals surface area (Å²) in [5.74, 6) is 0.263. The fraction of sp³-hybridized carbons (Fsp3) is 0.476. The maximum absolute atomic E-state index is 12.6. The lowest BCUT2D eigenvalue weighted by Gasteiger charge is -2.21. The van der Waals surface area contributed by atoms with Crippen molar-refractivity contribution in [3.05, 3.63) is 39.7 Å². The van der Waals surface area contributed by atoms with Gasteiger partial charge < -0.3 is 19.2 Å². The third-order valence-electron chi connectivity index (χ3n) is 4.60. The lowest BCUT2D eigenvalue weighted by atomic mass is 10.1. The molecule has 0 spiro atoms. The minimum atomic E-state index is -0.851. The van der Waals surface area contributed by atoms with Gasteiger partial charge in [-0.1, -0.05) is 6.92 Å². The first-order valence-electron chi connectivity index (χ1n) is 9.41. The highest BCUT2D eigenvalue weighted by Crippen LogP contribution is 2.28. The molecule has 1 N–H and O–H groups in total. The Kier molecular flexibility index (Phi) is 8.13. The van der Waals surface area contributed by atoms with Crippen LogP contribution in [0.4, 0.5) is 0 Å². The van der Waals surface area contributed by atoms with E-state index in [9.17, 15) is 14.4 Å². The second-order valence-electron chi connectivity index (χ2n) is 6.68. The molecule has 0 aliphatic rings. The van der Waals surface area contributed by atoms with E-state index in [-0.39, 0.29) is 0 Å². The number of benzene rings is 1. The zero-order chi connectivity index (χ0) is 21.6. The molecule has 1 aromatic heterocycles. The SMILES string of the molecule is CCc1cc2c(C)cc(=O)oc2cc1OC(C)C(=O)NC(CCSC)C(=O)OC. The zero-order valence-electron chi connectivity index (χ0n) is 17.4. The molecule has 8 heteroatoms. The minimum absolute atomic E-state index is 0.405. The Hall–Kier alpha value is -2.48. The van der Waals surface area contributed by atoms with E-state index in [1.165, 1.54) is 13.2 Å². The number of fused-ring (bicyclic) bond motifs is 1. The predicted octanol–water partition coefficient (Wildman–Crippen LogP) is 2.84. The summed E-state index contributed by atoms with van der Waals surface area (Å²) in [6.45, 7) is 5.42. The van der Waals surface area contributed by atoms with Crippen LogP contribution in [0.15, 0.2) is 27.4 Å². The Morgan fingerprint density at radius 1 is 1.28 bits per heavy atom. The Bertz CT molecular complexity index is 939. The zero-order valence-corrected chi connectivity index (χ0v) is 18.2. The van der Waals surface area contributed by atoms with Crippen LogP contribution in [0.25, 0.3) is 11.0 Å². The number of esters is 1. The molecule has 0 saturated heterocycles. The Morgan fingerprint density at radius 2 is 2.00 bits per heavy atom. The van der Waals surface area contributed by atoms with Crippen LogP contribution in [0.5, 0.6) is 5.75 Å². The van der Waals surface area contributed by atoms with E-state index >= 15 is 0 Å². The number of aryl methyl sites for hydroxylation is 2. The Morgan fingerprint density at radius 3 is 2.62 bits per heavy atom. The van der Waals surface area contributed by atoms with Gasteiger partial charge in [0.15, 0.2) is 6.10 Å². The summed E-state index contributed by atoms with van der Waals surface area (Å²) in [6, 6.07) is 4.26. The molecule has 0 saturated carbocycles. The highest BCUT2D eigenvalue weighted by Gasteiger charge is 2.25. The van der Waals surface area contributed by atoms with Gasteiger partial charge in [0.2, 0.25) is 0 Å². The maximum Gasteiger partial charge on any atom is 0.336 e. The van der Waals surface area contributed by atoms with Crippen LogP contribution in [0.3, 0.4) is 0 Å². The van der Waals surface area contributed by atoms with Crippen LogP contribution >= 0.6 is 11.8 Å². The average Bonchev–Trinajstić information content (AvgIpc) is 2.69. The smallest absolute Gasteiger partial charge is 0.336 e. The molecule has 0 aliphatic carbocycles. The largest absolute Gasteiger partial charge is 0.480 e. The number of thioether (sulfide) groups is 1. The fourth-order valence-electron chi connectivity index (χ4n) is 2.94. The van der Waals surface area contributed by atoms with E-state index < -0.39 is 29.6 Å². The molecule has 2 atom stereocenters. The Balaban J connectivity index is 2.23. The normalized spacial score (nSPS) is 13.0. The van der Waals surface area contributed by atoms with Gasteiger partial charge in [-0.05, 0) is 55.9 Å². The number of amides is 1. The maximum atomic E-state index is 12.6. The molecule has 158 valence electrons.